The van der Waals surface area contributed by atoms with Gasteiger partial charge >= 0.3 is 0 Å². The smallest absolute Gasteiger partial charge is 0.186 e. The molecule has 0 aromatic heterocycles. The molecule has 16 atom stereocenters. The van der Waals surface area contributed by atoms with E-state index in [1.165, 1.54) is 38.5 Å². The zero-order valence-corrected chi connectivity index (χ0v) is 28.8. The molecule has 45 heavy (non-hydrogen) atoms. The third kappa shape index (κ3) is 5.69. The summed E-state index contributed by atoms with van der Waals surface area (Å²) in [6.45, 7) is 16.3. The number of fused-ring (bicyclic) bond motifs is 7. The van der Waals surface area contributed by atoms with Crippen molar-refractivity contribution in [1.29, 1.82) is 0 Å². The Morgan fingerprint density at radius 3 is 2.47 bits per heavy atom. The van der Waals surface area contributed by atoms with Crippen LogP contribution in [0.1, 0.15) is 106 Å². The first-order valence-electron chi connectivity index (χ1n) is 18.1. The van der Waals surface area contributed by atoms with Crippen LogP contribution in [0.2, 0.25) is 0 Å². The van der Waals surface area contributed by atoms with Crippen LogP contribution in [0.4, 0.5) is 0 Å². The summed E-state index contributed by atoms with van der Waals surface area (Å²) in [7, 11) is 0. The van der Waals surface area contributed by atoms with Crippen molar-refractivity contribution in [1.82, 2.24) is 0 Å². The normalized spacial score (nSPS) is 52.0. The van der Waals surface area contributed by atoms with Crippen LogP contribution in [-0.4, -0.2) is 81.3 Å². The lowest BCUT2D eigenvalue weighted by Crippen LogP contribution is -2.59. The van der Waals surface area contributed by atoms with E-state index in [-0.39, 0.29) is 30.0 Å². The number of aliphatic hydroxyl groups excluding tert-OH is 4. The number of allylic oxidation sites excluding steroid dienone is 2. The van der Waals surface area contributed by atoms with Crippen molar-refractivity contribution in [3.63, 3.8) is 0 Å². The summed E-state index contributed by atoms with van der Waals surface area (Å²) >= 11 is 0. The first kappa shape index (κ1) is 34.3. The summed E-state index contributed by atoms with van der Waals surface area (Å²) in [5.41, 5.74) is 2.63. The monoisotopic (exact) mass is 634 g/mol. The molecule has 2 saturated heterocycles. The van der Waals surface area contributed by atoms with Gasteiger partial charge < -0.3 is 39.7 Å². The standard InChI is InChI=1S/C37H62O8/c1-20(19-43-33-32(41)31(40)30(39)28(18-38)44-33)10-15-37(42)21(2)29-27(45-37)17-26-24-9-8-23-16-22(34(3,4)5)11-13-35(23,6)25(24)12-14-36(26,29)7/h8,20-22,24-33,38-42H,9-19H2,1-7H3/t20-,21+,22?,24-,25+,26+,27?,28?,29+,30-,31?,32?,33-,35+,36+,37?/m1/s1. The van der Waals surface area contributed by atoms with Crippen molar-refractivity contribution in [2.75, 3.05) is 13.2 Å². The van der Waals surface area contributed by atoms with E-state index in [0.717, 1.165) is 18.3 Å². The Kier molecular flexibility index (Phi) is 9.21. The Balaban J connectivity index is 1.07. The van der Waals surface area contributed by atoms with Gasteiger partial charge in [0.2, 0.25) is 0 Å². The molecule has 8 nitrogen and oxygen atoms in total. The van der Waals surface area contributed by atoms with Gasteiger partial charge in [-0.15, -0.1) is 0 Å². The lowest BCUT2D eigenvalue weighted by Gasteiger charge is -2.59. The summed E-state index contributed by atoms with van der Waals surface area (Å²) in [5, 5.41) is 51.7. The summed E-state index contributed by atoms with van der Waals surface area (Å²) in [5.74, 6) is 2.14. The van der Waals surface area contributed by atoms with Gasteiger partial charge in [0, 0.05) is 12.3 Å². The molecule has 0 radical (unpaired) electrons. The highest BCUT2D eigenvalue weighted by atomic mass is 16.7. The lowest BCUT2D eigenvalue weighted by atomic mass is 9.46. The fourth-order valence-corrected chi connectivity index (χ4v) is 11.4. The van der Waals surface area contributed by atoms with E-state index in [4.69, 9.17) is 14.2 Å². The fraction of sp³-hybridized carbons (Fsp3) is 0.946. The largest absolute Gasteiger partial charge is 0.394 e. The molecule has 6 unspecified atom stereocenters. The Morgan fingerprint density at radius 1 is 1.04 bits per heavy atom. The van der Waals surface area contributed by atoms with Crippen LogP contribution in [0.25, 0.3) is 0 Å². The Labute approximate surface area is 270 Å². The van der Waals surface area contributed by atoms with E-state index in [1.54, 1.807) is 5.57 Å². The van der Waals surface area contributed by atoms with Crippen molar-refractivity contribution < 1.29 is 39.7 Å². The summed E-state index contributed by atoms with van der Waals surface area (Å²) in [4.78, 5) is 0. The van der Waals surface area contributed by atoms with Crippen LogP contribution in [-0.2, 0) is 14.2 Å². The highest BCUT2D eigenvalue weighted by molar-refractivity contribution is 5.26. The molecule has 0 aromatic rings. The van der Waals surface area contributed by atoms with Crippen LogP contribution in [0.15, 0.2) is 11.6 Å². The molecule has 4 aliphatic carbocycles. The zero-order chi connectivity index (χ0) is 32.7. The highest BCUT2D eigenvalue weighted by Gasteiger charge is 2.67. The van der Waals surface area contributed by atoms with E-state index in [0.29, 0.717) is 41.4 Å². The number of hydrogen-bond acceptors (Lipinski definition) is 8. The average Bonchev–Trinajstić information content (AvgIpc) is 3.42. The van der Waals surface area contributed by atoms with Crippen molar-refractivity contribution >= 4 is 0 Å². The molecule has 0 bridgehead atoms. The quantitative estimate of drug-likeness (QED) is 0.253. The molecule has 6 rings (SSSR count). The first-order valence-corrected chi connectivity index (χ1v) is 18.1. The van der Waals surface area contributed by atoms with Crippen LogP contribution < -0.4 is 0 Å². The molecular weight excluding hydrogens is 572 g/mol. The maximum atomic E-state index is 11.9. The summed E-state index contributed by atoms with van der Waals surface area (Å²) < 4.78 is 17.9. The molecule has 8 heteroatoms. The van der Waals surface area contributed by atoms with Gasteiger partial charge in [-0.25, -0.2) is 0 Å². The van der Waals surface area contributed by atoms with E-state index in [1.807, 2.05) is 6.92 Å². The number of rotatable bonds is 7. The van der Waals surface area contributed by atoms with E-state index in [2.05, 4.69) is 47.6 Å². The van der Waals surface area contributed by atoms with Crippen molar-refractivity contribution in [2.45, 2.75) is 149 Å². The van der Waals surface area contributed by atoms with Gasteiger partial charge in [0.1, 0.15) is 24.4 Å². The minimum Gasteiger partial charge on any atom is -0.394 e. The van der Waals surface area contributed by atoms with E-state index < -0.39 is 43.1 Å². The van der Waals surface area contributed by atoms with Gasteiger partial charge in [-0.3, -0.25) is 0 Å². The van der Waals surface area contributed by atoms with Crippen LogP contribution in [0.5, 0.6) is 0 Å². The SMILES string of the molecule is C[C@H](CCC1(O)OC2C[C@H]3[C@@H]4CC=C5CC(C(C)(C)C)CC[C@]5(C)[C@H]4CC[C@]3(C)[C@H]2[C@@H]1C)CO[C@@H]1OC(CO)[C@@H](O)C(O)C1O. The average molecular weight is 635 g/mol. The Hall–Kier alpha value is -0.580. The summed E-state index contributed by atoms with van der Waals surface area (Å²) in [6, 6.07) is 0. The Morgan fingerprint density at radius 2 is 1.78 bits per heavy atom. The maximum absolute atomic E-state index is 11.9. The lowest BCUT2D eigenvalue weighted by molar-refractivity contribution is -0.303. The van der Waals surface area contributed by atoms with Crippen molar-refractivity contribution in [2.24, 2.45) is 57.7 Å². The van der Waals surface area contributed by atoms with E-state index in [9.17, 15) is 25.5 Å². The van der Waals surface area contributed by atoms with Gasteiger partial charge in [0.25, 0.3) is 0 Å². The molecule has 5 N–H and O–H groups in total. The minimum absolute atomic E-state index is 0.0359. The first-order chi connectivity index (χ1) is 21.0. The topological polar surface area (TPSA) is 129 Å². The highest BCUT2D eigenvalue weighted by Crippen LogP contribution is 2.70. The molecule has 0 aromatic carbocycles. The molecule has 5 fully saturated rings. The van der Waals surface area contributed by atoms with Crippen LogP contribution in [0.3, 0.4) is 0 Å². The number of aliphatic hydroxyl groups is 5. The maximum Gasteiger partial charge on any atom is 0.186 e. The molecule has 3 saturated carbocycles. The zero-order valence-electron chi connectivity index (χ0n) is 28.8. The van der Waals surface area contributed by atoms with Gasteiger partial charge in [-0.05, 0) is 103 Å². The van der Waals surface area contributed by atoms with Gasteiger partial charge in [0.05, 0.1) is 19.3 Å². The number of ether oxygens (including phenoxy) is 3. The van der Waals surface area contributed by atoms with Gasteiger partial charge in [-0.1, -0.05) is 60.1 Å². The molecule has 0 spiro atoms. The van der Waals surface area contributed by atoms with Crippen molar-refractivity contribution in [3.8, 4) is 0 Å². The molecule has 0 amide bonds. The second-order valence-electron chi connectivity index (χ2n) is 17.8. The van der Waals surface area contributed by atoms with Crippen LogP contribution in [0, 0.1) is 57.7 Å². The summed E-state index contributed by atoms with van der Waals surface area (Å²) in [6.07, 6.45) is 6.22. The Bertz CT molecular complexity index is 1100. The fourth-order valence-electron chi connectivity index (χ4n) is 11.4. The van der Waals surface area contributed by atoms with E-state index >= 15 is 0 Å². The van der Waals surface area contributed by atoms with Crippen LogP contribution >= 0.6 is 0 Å². The molecule has 2 heterocycles. The van der Waals surface area contributed by atoms with Gasteiger partial charge in [-0.2, -0.15) is 0 Å². The minimum atomic E-state index is -1.46. The van der Waals surface area contributed by atoms with Gasteiger partial charge in [0.15, 0.2) is 12.1 Å². The number of hydrogen-bond donors (Lipinski definition) is 5. The molecule has 2 aliphatic heterocycles. The molecule has 6 aliphatic rings. The second kappa shape index (κ2) is 12.1. The predicted octanol–water partition coefficient (Wildman–Crippen LogP) is 4.79. The third-order valence-electron chi connectivity index (χ3n) is 14.4. The molecular formula is C37H62O8. The van der Waals surface area contributed by atoms with Crippen molar-refractivity contribution in [3.05, 3.63) is 11.6 Å². The molecule has 258 valence electrons. The predicted molar refractivity (Wildman–Crippen MR) is 171 cm³/mol. The second-order valence-corrected chi connectivity index (χ2v) is 17.8. The third-order valence-corrected chi connectivity index (χ3v) is 14.4.